The molecule has 2 aromatic heterocycles. The van der Waals surface area contributed by atoms with Crippen LogP contribution in [0.2, 0.25) is 0 Å². The number of sulfonamides is 1. The molecular formula is C13H16N2O2S2. The van der Waals surface area contributed by atoms with Crippen molar-refractivity contribution in [2.45, 2.75) is 30.5 Å². The fourth-order valence-electron chi connectivity index (χ4n) is 1.68. The van der Waals surface area contributed by atoms with Crippen LogP contribution >= 0.6 is 11.3 Å². The Morgan fingerprint density at radius 3 is 2.74 bits per heavy atom. The third-order valence-corrected chi connectivity index (χ3v) is 6.03. The molecule has 6 heteroatoms. The summed E-state index contributed by atoms with van der Waals surface area (Å²) in [5.74, 6) is 0. The zero-order chi connectivity index (χ0) is 13.9. The van der Waals surface area contributed by atoms with Gasteiger partial charge in [0.2, 0.25) is 0 Å². The van der Waals surface area contributed by atoms with Crippen molar-refractivity contribution in [3.63, 3.8) is 0 Å². The summed E-state index contributed by atoms with van der Waals surface area (Å²) in [4.78, 5) is 5.06. The largest absolute Gasteiger partial charge is 0.264 e. The number of aromatic nitrogens is 1. The average molecular weight is 296 g/mol. The Kier molecular flexibility index (Phi) is 4.34. The number of nitrogens with zero attached hydrogens (tertiary/aromatic N) is 1. The number of rotatable bonds is 5. The number of nitrogens with one attached hydrogen (secondary N) is 1. The summed E-state index contributed by atoms with van der Waals surface area (Å²) in [5.41, 5.74) is 0.846. The fourth-order valence-corrected chi connectivity index (χ4v) is 4.23. The molecule has 0 saturated carbocycles. The van der Waals surface area contributed by atoms with Crippen LogP contribution in [0.25, 0.3) is 0 Å². The Morgan fingerprint density at radius 2 is 2.16 bits per heavy atom. The van der Waals surface area contributed by atoms with Gasteiger partial charge in [-0.1, -0.05) is 13.0 Å². The van der Waals surface area contributed by atoms with E-state index in [4.69, 9.17) is 0 Å². The summed E-state index contributed by atoms with van der Waals surface area (Å²) in [6.45, 7) is 3.82. The lowest BCUT2D eigenvalue weighted by atomic mass is 10.2. The Morgan fingerprint density at radius 1 is 1.37 bits per heavy atom. The summed E-state index contributed by atoms with van der Waals surface area (Å²) in [6.07, 6.45) is 4.18. The van der Waals surface area contributed by atoms with Crippen LogP contribution < -0.4 is 4.72 Å². The molecule has 0 spiro atoms. The number of aryl methyl sites for hydroxylation is 1. The van der Waals surface area contributed by atoms with Gasteiger partial charge in [0.25, 0.3) is 10.0 Å². The lowest BCUT2D eigenvalue weighted by Crippen LogP contribution is -2.26. The van der Waals surface area contributed by atoms with E-state index in [9.17, 15) is 8.42 Å². The van der Waals surface area contributed by atoms with Crippen LogP contribution in [0.15, 0.2) is 40.9 Å². The Hall–Kier alpha value is -1.24. The third-order valence-electron chi connectivity index (χ3n) is 2.77. The van der Waals surface area contributed by atoms with Gasteiger partial charge in [0, 0.05) is 23.3 Å². The number of pyridine rings is 1. The van der Waals surface area contributed by atoms with E-state index in [-0.39, 0.29) is 6.04 Å². The average Bonchev–Trinajstić information content (AvgIpc) is 2.89. The molecule has 0 bridgehead atoms. The van der Waals surface area contributed by atoms with E-state index >= 15 is 0 Å². The summed E-state index contributed by atoms with van der Waals surface area (Å²) in [5, 5.41) is 0. The molecule has 1 unspecified atom stereocenters. The zero-order valence-electron chi connectivity index (χ0n) is 10.8. The molecule has 2 aromatic rings. The van der Waals surface area contributed by atoms with Gasteiger partial charge in [0.1, 0.15) is 4.21 Å². The van der Waals surface area contributed by atoms with Crippen LogP contribution in [-0.4, -0.2) is 13.4 Å². The van der Waals surface area contributed by atoms with Crippen LogP contribution in [0, 0.1) is 0 Å². The van der Waals surface area contributed by atoms with Gasteiger partial charge < -0.3 is 0 Å². The first-order valence-corrected chi connectivity index (χ1v) is 8.34. The van der Waals surface area contributed by atoms with Crippen LogP contribution in [0.3, 0.4) is 0 Å². The summed E-state index contributed by atoms with van der Waals surface area (Å²) < 4.78 is 27.5. The summed E-state index contributed by atoms with van der Waals surface area (Å²) in [7, 11) is -3.46. The monoisotopic (exact) mass is 296 g/mol. The highest BCUT2D eigenvalue weighted by molar-refractivity contribution is 7.91. The first-order valence-electron chi connectivity index (χ1n) is 6.04. The first kappa shape index (κ1) is 14.2. The maximum atomic E-state index is 12.2. The van der Waals surface area contributed by atoms with Gasteiger partial charge in [-0.25, -0.2) is 13.1 Å². The molecule has 2 heterocycles. The third kappa shape index (κ3) is 3.40. The quantitative estimate of drug-likeness (QED) is 0.923. The molecule has 0 amide bonds. The van der Waals surface area contributed by atoms with Gasteiger partial charge in [0.05, 0.1) is 0 Å². The molecule has 0 saturated heterocycles. The molecule has 0 aromatic carbocycles. The SMILES string of the molecule is CCc1ccc(S(=O)(=O)NC(C)c2cccnc2)s1. The van der Waals surface area contributed by atoms with Crippen molar-refractivity contribution in [1.29, 1.82) is 0 Å². The highest BCUT2D eigenvalue weighted by Crippen LogP contribution is 2.23. The molecule has 0 aliphatic carbocycles. The molecule has 19 heavy (non-hydrogen) atoms. The molecule has 0 aliphatic heterocycles. The summed E-state index contributed by atoms with van der Waals surface area (Å²) in [6, 6.07) is 6.85. The number of hydrogen-bond acceptors (Lipinski definition) is 4. The molecule has 0 fully saturated rings. The molecule has 102 valence electrons. The molecule has 2 rings (SSSR count). The van der Waals surface area contributed by atoms with Gasteiger partial charge in [0.15, 0.2) is 0 Å². The minimum absolute atomic E-state index is 0.300. The van der Waals surface area contributed by atoms with Gasteiger partial charge in [-0.2, -0.15) is 0 Å². The van der Waals surface area contributed by atoms with E-state index in [1.54, 1.807) is 24.5 Å². The van der Waals surface area contributed by atoms with Crippen molar-refractivity contribution >= 4 is 21.4 Å². The van der Waals surface area contributed by atoms with E-state index in [0.29, 0.717) is 4.21 Å². The van der Waals surface area contributed by atoms with Crippen molar-refractivity contribution in [2.75, 3.05) is 0 Å². The predicted octanol–water partition coefficient (Wildman–Crippen LogP) is 2.75. The van der Waals surface area contributed by atoms with E-state index in [0.717, 1.165) is 16.9 Å². The van der Waals surface area contributed by atoms with Gasteiger partial charge >= 0.3 is 0 Å². The van der Waals surface area contributed by atoms with E-state index in [2.05, 4.69) is 9.71 Å². The number of hydrogen-bond donors (Lipinski definition) is 1. The van der Waals surface area contributed by atoms with Crippen molar-refractivity contribution in [1.82, 2.24) is 9.71 Å². The van der Waals surface area contributed by atoms with Crippen LogP contribution in [0.1, 0.15) is 30.3 Å². The van der Waals surface area contributed by atoms with Crippen LogP contribution in [0.5, 0.6) is 0 Å². The van der Waals surface area contributed by atoms with Crippen molar-refractivity contribution in [2.24, 2.45) is 0 Å². The van der Waals surface area contributed by atoms with Crippen molar-refractivity contribution in [3.05, 3.63) is 47.1 Å². The van der Waals surface area contributed by atoms with Gasteiger partial charge in [-0.05, 0) is 37.1 Å². The molecule has 1 atom stereocenters. The Balaban J connectivity index is 2.17. The van der Waals surface area contributed by atoms with Crippen LogP contribution in [-0.2, 0) is 16.4 Å². The molecular weight excluding hydrogens is 280 g/mol. The maximum absolute atomic E-state index is 12.2. The highest BCUT2D eigenvalue weighted by Gasteiger charge is 2.20. The zero-order valence-corrected chi connectivity index (χ0v) is 12.5. The van der Waals surface area contributed by atoms with Crippen LogP contribution in [0.4, 0.5) is 0 Å². The summed E-state index contributed by atoms with van der Waals surface area (Å²) >= 11 is 1.31. The molecule has 1 N–H and O–H groups in total. The standard InChI is InChI=1S/C13H16N2O2S2/c1-3-12-6-7-13(18-12)19(16,17)15-10(2)11-5-4-8-14-9-11/h4-10,15H,3H2,1-2H3. The normalized spacial score (nSPS) is 13.4. The van der Waals surface area contributed by atoms with E-state index < -0.39 is 10.0 Å². The van der Waals surface area contributed by atoms with Crippen molar-refractivity contribution < 1.29 is 8.42 Å². The molecule has 0 aliphatic rings. The minimum atomic E-state index is -3.46. The maximum Gasteiger partial charge on any atom is 0.250 e. The lowest BCUT2D eigenvalue weighted by molar-refractivity contribution is 0.568. The second kappa shape index (κ2) is 5.81. The van der Waals surface area contributed by atoms with E-state index in [1.165, 1.54) is 11.3 Å². The highest BCUT2D eigenvalue weighted by atomic mass is 32.2. The second-order valence-corrected chi connectivity index (χ2v) is 7.31. The Bertz CT molecular complexity index is 636. The topological polar surface area (TPSA) is 59.1 Å². The molecule has 4 nitrogen and oxygen atoms in total. The molecule has 0 radical (unpaired) electrons. The Labute approximate surface area is 117 Å². The van der Waals surface area contributed by atoms with Gasteiger partial charge in [-0.15, -0.1) is 11.3 Å². The minimum Gasteiger partial charge on any atom is -0.264 e. The van der Waals surface area contributed by atoms with E-state index in [1.807, 2.05) is 26.0 Å². The smallest absolute Gasteiger partial charge is 0.250 e. The second-order valence-electron chi connectivity index (χ2n) is 4.20. The van der Waals surface area contributed by atoms with Crippen molar-refractivity contribution in [3.8, 4) is 0 Å². The first-order chi connectivity index (χ1) is 9.03. The predicted molar refractivity (Wildman–Crippen MR) is 76.7 cm³/mol. The van der Waals surface area contributed by atoms with Gasteiger partial charge in [-0.3, -0.25) is 4.98 Å². The number of thiophene rings is 1. The lowest BCUT2D eigenvalue weighted by Gasteiger charge is -2.13. The fraction of sp³-hybridized carbons (Fsp3) is 0.308.